The summed E-state index contributed by atoms with van der Waals surface area (Å²) in [5.74, 6) is 0.247. The summed E-state index contributed by atoms with van der Waals surface area (Å²) in [5, 5.41) is 10.5. The van der Waals surface area contributed by atoms with Crippen LogP contribution in [0.3, 0.4) is 0 Å². The molecule has 0 spiro atoms. The van der Waals surface area contributed by atoms with Crippen LogP contribution in [0.25, 0.3) is 16.7 Å². The van der Waals surface area contributed by atoms with Crippen molar-refractivity contribution in [3.8, 4) is 17.2 Å². The molecule has 0 aliphatic rings. The number of benzene rings is 2. The summed E-state index contributed by atoms with van der Waals surface area (Å²) in [6.45, 7) is 16.4. The topological polar surface area (TPSA) is 60.3 Å². The third-order valence-corrected chi connectivity index (χ3v) is 5.39. The third kappa shape index (κ3) is 3.36. The number of phenols is 1. The summed E-state index contributed by atoms with van der Waals surface area (Å²) in [6.07, 6.45) is 1.02. The molecule has 4 aromatic rings. The molecule has 0 radical (unpaired) electrons. The number of aromatic nitrogens is 3. The Morgan fingerprint density at radius 3 is 2.33 bits per heavy atom. The second-order valence-electron chi connectivity index (χ2n) is 10.0. The first-order valence-electron chi connectivity index (χ1n) is 10.1. The van der Waals surface area contributed by atoms with Gasteiger partial charge in [-0.25, -0.2) is 4.79 Å². The van der Waals surface area contributed by atoms with Crippen LogP contribution in [0, 0.1) is 5.41 Å². The highest BCUT2D eigenvalue weighted by Gasteiger charge is 2.31. The van der Waals surface area contributed by atoms with E-state index >= 15 is 0 Å². The predicted octanol–water partition coefficient (Wildman–Crippen LogP) is 5.32. The van der Waals surface area contributed by atoms with Gasteiger partial charge < -0.3 is 9.84 Å². The van der Waals surface area contributed by atoms with E-state index in [9.17, 15) is 9.90 Å². The smallest absolute Gasteiger partial charge is 0.338 e. The van der Waals surface area contributed by atoms with Crippen molar-refractivity contribution in [3.05, 3.63) is 54.1 Å². The number of rotatable bonds is 5. The van der Waals surface area contributed by atoms with Crippen molar-refractivity contribution in [2.24, 2.45) is 5.41 Å². The van der Waals surface area contributed by atoms with Gasteiger partial charge in [-0.15, -0.1) is 14.1 Å². The Balaban J connectivity index is 1.70. The van der Waals surface area contributed by atoms with E-state index in [2.05, 4.69) is 47.3 Å². The fourth-order valence-corrected chi connectivity index (χ4v) is 4.32. The van der Waals surface area contributed by atoms with E-state index in [0.717, 1.165) is 23.1 Å². The van der Waals surface area contributed by atoms with Crippen LogP contribution in [-0.2, 0) is 10.2 Å². The van der Waals surface area contributed by atoms with E-state index in [1.165, 1.54) is 5.56 Å². The van der Waals surface area contributed by atoms with Gasteiger partial charge in [-0.05, 0) is 54.0 Å². The van der Waals surface area contributed by atoms with Crippen molar-refractivity contribution in [1.29, 1.82) is 0 Å². The van der Waals surface area contributed by atoms with Gasteiger partial charge in [0.2, 0.25) is 0 Å². The van der Waals surface area contributed by atoms with E-state index in [-0.39, 0.29) is 16.6 Å². The zero-order chi connectivity index (χ0) is 22.0. The maximum atomic E-state index is 11.8. The summed E-state index contributed by atoms with van der Waals surface area (Å²) in [5.41, 5.74) is 4.33. The minimum absolute atomic E-state index is 0.0306. The molecule has 0 aliphatic heterocycles. The Labute approximate surface area is 176 Å². The minimum atomic E-state index is -0.444. The molecule has 0 saturated heterocycles. The Kier molecular flexibility index (Phi) is 4.31. The number of esters is 1. The lowest BCUT2D eigenvalue weighted by Gasteiger charge is -2.33. The zero-order valence-corrected chi connectivity index (χ0v) is 18.5. The quantitative estimate of drug-likeness (QED) is 0.277. The lowest BCUT2D eigenvalue weighted by molar-refractivity contribution is -0.130. The molecule has 2 heterocycles. The first-order chi connectivity index (χ1) is 13.9. The molecule has 0 amide bonds. The van der Waals surface area contributed by atoms with Crippen LogP contribution in [0.2, 0.25) is 0 Å². The molecule has 1 N–H and O–H groups in total. The van der Waals surface area contributed by atoms with Crippen molar-refractivity contribution in [3.63, 3.8) is 0 Å². The standard InChI is InChI=1S/C24H29N3O3/c1-15(2)22(29)30-17-9-10-18-19(13-17)26-25(18)27(26)20-12-16(8-11-21(20)28)24(6,7)14-23(3,4)5/h8-13,28H,1,14H2,2-7H3. The molecule has 158 valence electrons. The van der Waals surface area contributed by atoms with Crippen LogP contribution in [0.15, 0.2) is 48.6 Å². The van der Waals surface area contributed by atoms with Gasteiger partial charge in [-0.3, -0.25) is 0 Å². The molecular formula is C24H29N3O3. The Morgan fingerprint density at radius 1 is 1.03 bits per heavy atom. The number of hydrogen-bond acceptors (Lipinski definition) is 3. The lowest BCUT2D eigenvalue weighted by atomic mass is 9.72. The summed E-state index contributed by atoms with van der Waals surface area (Å²) >= 11 is 0. The fraction of sp³-hybridized carbons (Fsp3) is 0.375. The van der Waals surface area contributed by atoms with Crippen molar-refractivity contribution in [2.45, 2.75) is 53.4 Å². The number of hydrogen-bond donors (Lipinski definition) is 1. The van der Waals surface area contributed by atoms with E-state index in [1.54, 1.807) is 19.1 Å². The number of nitrogens with zero attached hydrogens (tertiary/aromatic N) is 3. The SMILES string of the molecule is C=C(C)C(=O)Oc1ccc2c(c1)n1n(-c3cc(C(C)(C)CC(C)(C)C)ccc3O)n21. The molecule has 0 unspecified atom stereocenters. The van der Waals surface area contributed by atoms with E-state index in [0.29, 0.717) is 11.3 Å². The van der Waals surface area contributed by atoms with Gasteiger partial charge in [0.25, 0.3) is 0 Å². The van der Waals surface area contributed by atoms with Gasteiger partial charge in [0, 0.05) is 11.6 Å². The largest absolute Gasteiger partial charge is 0.506 e. The average Bonchev–Trinajstić information content (AvgIpc) is 3.27. The van der Waals surface area contributed by atoms with Crippen molar-refractivity contribution in [2.75, 3.05) is 0 Å². The van der Waals surface area contributed by atoms with Gasteiger partial charge in [0.05, 0.1) is 0 Å². The third-order valence-electron chi connectivity index (χ3n) is 5.39. The lowest BCUT2D eigenvalue weighted by Crippen LogP contribution is -2.24. The minimum Gasteiger partial charge on any atom is -0.506 e. The summed E-state index contributed by atoms with van der Waals surface area (Å²) < 4.78 is 9.24. The summed E-state index contributed by atoms with van der Waals surface area (Å²) in [6, 6.07) is 11.3. The van der Waals surface area contributed by atoms with Crippen LogP contribution in [-0.4, -0.2) is 25.1 Å². The highest BCUT2D eigenvalue weighted by atomic mass is 16.5. The van der Waals surface area contributed by atoms with Crippen LogP contribution < -0.4 is 4.74 Å². The molecule has 0 saturated carbocycles. The molecule has 6 nitrogen and oxygen atoms in total. The molecule has 0 bridgehead atoms. The summed E-state index contributed by atoms with van der Waals surface area (Å²) in [7, 11) is 0. The Morgan fingerprint density at radius 2 is 1.70 bits per heavy atom. The van der Waals surface area contributed by atoms with Crippen LogP contribution in [0.4, 0.5) is 0 Å². The average molecular weight is 408 g/mol. The highest BCUT2D eigenvalue weighted by molar-refractivity contribution is 5.90. The van der Waals surface area contributed by atoms with E-state index in [4.69, 9.17) is 4.74 Å². The number of fused-ring (bicyclic) bond motifs is 4. The molecule has 2 aromatic carbocycles. The van der Waals surface area contributed by atoms with Crippen LogP contribution >= 0.6 is 0 Å². The van der Waals surface area contributed by atoms with Crippen molar-refractivity contribution >= 4 is 17.0 Å². The molecule has 30 heavy (non-hydrogen) atoms. The van der Waals surface area contributed by atoms with Gasteiger partial charge >= 0.3 is 5.97 Å². The van der Waals surface area contributed by atoms with E-state index in [1.807, 2.05) is 32.3 Å². The normalized spacial score (nSPS) is 12.9. The monoisotopic (exact) mass is 407 g/mol. The molecule has 6 heteroatoms. The zero-order valence-electron chi connectivity index (χ0n) is 18.5. The second-order valence-corrected chi connectivity index (χ2v) is 10.0. The second kappa shape index (κ2) is 6.42. The van der Waals surface area contributed by atoms with Gasteiger partial charge in [-0.2, -0.15) is 0 Å². The number of phenolic OH excluding ortho intramolecular Hbond substituents is 1. The predicted molar refractivity (Wildman–Crippen MR) is 118 cm³/mol. The molecule has 0 aliphatic carbocycles. The molecule has 0 fully saturated rings. The molecule has 4 rings (SSSR count). The van der Waals surface area contributed by atoms with Gasteiger partial charge in [0.1, 0.15) is 28.2 Å². The summed E-state index contributed by atoms with van der Waals surface area (Å²) in [4.78, 5) is 13.7. The van der Waals surface area contributed by atoms with Crippen molar-refractivity contribution in [1.82, 2.24) is 14.1 Å². The number of carbonyl (C=O) groups is 1. The number of ether oxygens (including phenoxy) is 1. The number of carbonyl (C=O) groups excluding carboxylic acids is 1. The maximum Gasteiger partial charge on any atom is 0.338 e. The fourth-order valence-electron chi connectivity index (χ4n) is 4.32. The first kappa shape index (κ1) is 20.1. The highest BCUT2D eigenvalue weighted by Crippen LogP contribution is 2.39. The number of aromatic hydroxyl groups is 1. The van der Waals surface area contributed by atoms with Crippen LogP contribution in [0.5, 0.6) is 11.5 Å². The van der Waals surface area contributed by atoms with E-state index < -0.39 is 5.97 Å². The van der Waals surface area contributed by atoms with Gasteiger partial charge in [0.15, 0.2) is 0 Å². The van der Waals surface area contributed by atoms with Crippen LogP contribution in [0.1, 0.15) is 53.5 Å². The molecule has 2 aromatic heterocycles. The van der Waals surface area contributed by atoms with Crippen molar-refractivity contribution < 1.29 is 14.6 Å². The Bertz CT molecular complexity index is 1260. The maximum absolute atomic E-state index is 11.8. The molecular weight excluding hydrogens is 378 g/mol. The molecule has 0 atom stereocenters. The first-order valence-corrected chi connectivity index (χ1v) is 10.1. The van der Waals surface area contributed by atoms with Gasteiger partial charge in [-0.1, -0.05) is 47.3 Å². The Hall–Kier alpha value is -3.15.